The normalized spacial score (nSPS) is 11.5. The Kier molecular flexibility index (Phi) is 7.59. The summed E-state index contributed by atoms with van der Waals surface area (Å²) >= 11 is 0.717. The number of nitrogens with one attached hydrogen (secondary N) is 1. The summed E-state index contributed by atoms with van der Waals surface area (Å²) in [6.45, 7) is 2.10. The molecule has 1 heterocycles. The van der Waals surface area contributed by atoms with E-state index in [-0.39, 0.29) is 22.8 Å². The van der Waals surface area contributed by atoms with E-state index in [0.717, 1.165) is 11.1 Å². The molecular formula is C27H24FN5O3S. The van der Waals surface area contributed by atoms with E-state index < -0.39 is 29.6 Å². The van der Waals surface area contributed by atoms with Gasteiger partial charge in [0.1, 0.15) is 16.7 Å². The predicted molar refractivity (Wildman–Crippen MR) is 140 cm³/mol. The number of hydrogen-bond donors (Lipinski definition) is 3. The van der Waals surface area contributed by atoms with Gasteiger partial charge in [0.05, 0.1) is 5.69 Å². The Morgan fingerprint density at radius 3 is 2.24 bits per heavy atom. The summed E-state index contributed by atoms with van der Waals surface area (Å²) in [4.78, 5) is 40.6. The van der Waals surface area contributed by atoms with Gasteiger partial charge in [0.25, 0.3) is 11.8 Å². The smallest absolute Gasteiger partial charge is 0.273 e. The zero-order chi connectivity index (χ0) is 26.5. The number of aromatic nitrogens is 1. The van der Waals surface area contributed by atoms with Crippen LogP contribution in [0.5, 0.6) is 0 Å². The van der Waals surface area contributed by atoms with Crippen LogP contribution in [0.4, 0.5) is 15.8 Å². The van der Waals surface area contributed by atoms with Crippen LogP contribution in [0.3, 0.4) is 0 Å². The number of halogens is 1. The minimum absolute atomic E-state index is 0.0441. The zero-order valence-corrected chi connectivity index (χ0v) is 20.7. The van der Waals surface area contributed by atoms with Crippen LogP contribution >= 0.6 is 11.5 Å². The van der Waals surface area contributed by atoms with Gasteiger partial charge in [-0.05, 0) is 53.8 Å². The molecule has 0 radical (unpaired) electrons. The zero-order valence-electron chi connectivity index (χ0n) is 19.9. The van der Waals surface area contributed by atoms with E-state index >= 15 is 0 Å². The van der Waals surface area contributed by atoms with Gasteiger partial charge in [-0.3, -0.25) is 19.3 Å². The Morgan fingerprint density at radius 1 is 1.00 bits per heavy atom. The number of aryl methyl sites for hydroxylation is 1. The lowest BCUT2D eigenvalue weighted by atomic mass is 10.0. The molecule has 0 aliphatic rings. The van der Waals surface area contributed by atoms with Crippen molar-refractivity contribution in [2.45, 2.75) is 19.5 Å². The maximum Gasteiger partial charge on any atom is 0.273 e. The lowest BCUT2D eigenvalue weighted by molar-refractivity contribution is -0.122. The summed E-state index contributed by atoms with van der Waals surface area (Å²) in [7, 11) is 0. The van der Waals surface area contributed by atoms with E-state index in [1.807, 2.05) is 37.3 Å². The van der Waals surface area contributed by atoms with Crippen molar-refractivity contribution in [3.63, 3.8) is 0 Å². The van der Waals surface area contributed by atoms with Crippen molar-refractivity contribution in [1.29, 1.82) is 0 Å². The van der Waals surface area contributed by atoms with Crippen LogP contribution in [0, 0.1) is 12.7 Å². The van der Waals surface area contributed by atoms with Gasteiger partial charge in [-0.1, -0.05) is 60.2 Å². The number of nitrogen functional groups attached to an aromatic ring is 1. The summed E-state index contributed by atoms with van der Waals surface area (Å²) < 4.78 is 17.7. The predicted octanol–water partition coefficient (Wildman–Crippen LogP) is 3.98. The molecule has 0 aliphatic heterocycles. The van der Waals surface area contributed by atoms with Crippen molar-refractivity contribution in [2.75, 3.05) is 10.6 Å². The Labute approximate surface area is 216 Å². The van der Waals surface area contributed by atoms with Crippen LogP contribution < -0.4 is 21.7 Å². The summed E-state index contributed by atoms with van der Waals surface area (Å²) in [6, 6.07) is 20.4. The second kappa shape index (κ2) is 11.0. The van der Waals surface area contributed by atoms with E-state index in [9.17, 15) is 18.8 Å². The second-order valence-corrected chi connectivity index (χ2v) is 9.08. The van der Waals surface area contributed by atoms with Crippen LogP contribution in [-0.2, 0) is 11.3 Å². The van der Waals surface area contributed by atoms with Gasteiger partial charge in [0.2, 0.25) is 5.91 Å². The number of primary amides is 1. The van der Waals surface area contributed by atoms with Gasteiger partial charge < -0.3 is 16.8 Å². The lowest BCUT2D eigenvalue weighted by Gasteiger charge is -2.31. The average molecular weight is 518 g/mol. The first-order valence-corrected chi connectivity index (χ1v) is 12.1. The molecular weight excluding hydrogens is 493 g/mol. The van der Waals surface area contributed by atoms with Gasteiger partial charge in [-0.2, -0.15) is 4.37 Å². The molecule has 37 heavy (non-hydrogen) atoms. The van der Waals surface area contributed by atoms with Crippen molar-refractivity contribution in [3.8, 4) is 0 Å². The molecule has 3 amide bonds. The number of carbonyl (C=O) groups is 3. The molecule has 0 spiro atoms. The quantitative estimate of drug-likeness (QED) is 0.325. The average Bonchev–Trinajstić information content (AvgIpc) is 3.29. The summed E-state index contributed by atoms with van der Waals surface area (Å²) in [6.07, 6.45) is 0. The summed E-state index contributed by atoms with van der Waals surface area (Å²) in [5, 5.41) is 2.87. The Hall–Kier alpha value is -4.57. The molecule has 4 rings (SSSR count). The third kappa shape index (κ3) is 5.65. The van der Waals surface area contributed by atoms with Crippen molar-refractivity contribution < 1.29 is 18.8 Å². The molecule has 8 nitrogen and oxygen atoms in total. The van der Waals surface area contributed by atoms with Gasteiger partial charge in [0, 0.05) is 12.2 Å². The molecule has 0 unspecified atom stereocenters. The Morgan fingerprint density at radius 2 is 1.65 bits per heavy atom. The minimum atomic E-state index is -1.20. The lowest BCUT2D eigenvalue weighted by Crippen LogP contribution is -2.44. The number of amides is 3. The topological polar surface area (TPSA) is 131 Å². The number of benzene rings is 3. The number of anilines is 2. The fourth-order valence-corrected chi connectivity index (χ4v) is 4.51. The molecule has 4 aromatic rings. The van der Waals surface area contributed by atoms with Crippen LogP contribution in [0.15, 0.2) is 78.9 Å². The van der Waals surface area contributed by atoms with E-state index in [1.165, 1.54) is 29.2 Å². The van der Waals surface area contributed by atoms with E-state index in [1.54, 1.807) is 24.3 Å². The van der Waals surface area contributed by atoms with Crippen molar-refractivity contribution >= 4 is 40.6 Å². The highest BCUT2D eigenvalue weighted by Crippen LogP contribution is 2.33. The SMILES string of the molecule is Cc1ccc(N(C(=O)c2snc(C(N)=O)c2N)[C@@H](C(=O)NCc2ccccc2)c2ccc(F)cc2)cc1. The van der Waals surface area contributed by atoms with Gasteiger partial charge in [0.15, 0.2) is 5.69 Å². The van der Waals surface area contributed by atoms with Crippen LogP contribution in [0.25, 0.3) is 0 Å². The molecule has 0 bridgehead atoms. The first-order valence-electron chi connectivity index (χ1n) is 11.3. The van der Waals surface area contributed by atoms with Gasteiger partial charge in [-0.25, -0.2) is 4.39 Å². The molecule has 0 aliphatic carbocycles. The standard InChI is InChI=1S/C27H24FN5O3S/c1-16-7-13-20(14-8-16)33(27(36)24-21(29)22(25(30)34)32-37-24)23(18-9-11-19(28)12-10-18)26(35)31-15-17-5-3-2-4-6-17/h2-14,23H,15,29H2,1H3,(H2,30,34)(H,31,35)/t23-/m1/s1. The Balaban J connectivity index is 1.82. The number of hydrogen-bond acceptors (Lipinski definition) is 6. The second-order valence-electron chi connectivity index (χ2n) is 8.31. The van der Waals surface area contributed by atoms with Crippen LogP contribution in [-0.4, -0.2) is 22.1 Å². The molecule has 0 fully saturated rings. The van der Waals surface area contributed by atoms with Crippen molar-refractivity contribution in [2.24, 2.45) is 5.73 Å². The monoisotopic (exact) mass is 517 g/mol. The maximum absolute atomic E-state index is 14.0. The summed E-state index contributed by atoms with van der Waals surface area (Å²) in [5.74, 6) is -2.51. The number of nitrogens with two attached hydrogens (primary N) is 2. The Bertz CT molecular complexity index is 1420. The highest BCUT2D eigenvalue weighted by atomic mass is 32.1. The molecule has 5 N–H and O–H groups in total. The number of rotatable bonds is 8. The fourth-order valence-electron chi connectivity index (χ4n) is 3.77. The largest absolute Gasteiger partial charge is 0.395 e. The van der Waals surface area contributed by atoms with Crippen molar-refractivity contribution in [1.82, 2.24) is 9.69 Å². The molecule has 188 valence electrons. The van der Waals surface area contributed by atoms with E-state index in [2.05, 4.69) is 9.69 Å². The van der Waals surface area contributed by atoms with E-state index in [0.29, 0.717) is 22.8 Å². The highest BCUT2D eigenvalue weighted by molar-refractivity contribution is 7.09. The maximum atomic E-state index is 14.0. The number of carbonyl (C=O) groups excluding carboxylic acids is 3. The third-order valence-corrected chi connectivity index (χ3v) is 6.54. The minimum Gasteiger partial charge on any atom is -0.395 e. The molecule has 0 saturated carbocycles. The molecule has 3 aromatic carbocycles. The van der Waals surface area contributed by atoms with E-state index in [4.69, 9.17) is 11.5 Å². The number of nitrogens with zero attached hydrogens (tertiary/aromatic N) is 2. The molecule has 1 atom stereocenters. The van der Waals surface area contributed by atoms with Crippen molar-refractivity contribution in [3.05, 3.63) is 112 Å². The van der Waals surface area contributed by atoms with Gasteiger partial charge in [-0.15, -0.1) is 0 Å². The molecule has 10 heteroatoms. The molecule has 0 saturated heterocycles. The first kappa shape index (κ1) is 25.5. The highest BCUT2D eigenvalue weighted by Gasteiger charge is 2.36. The summed E-state index contributed by atoms with van der Waals surface area (Å²) in [5.41, 5.74) is 13.6. The molecule has 1 aromatic heterocycles. The third-order valence-electron chi connectivity index (χ3n) is 5.69. The fraction of sp³-hybridized carbons (Fsp3) is 0.111. The van der Waals surface area contributed by atoms with Crippen LogP contribution in [0.2, 0.25) is 0 Å². The van der Waals surface area contributed by atoms with Crippen LogP contribution in [0.1, 0.15) is 42.9 Å². The van der Waals surface area contributed by atoms with Gasteiger partial charge >= 0.3 is 0 Å². The first-order chi connectivity index (χ1) is 17.8.